The van der Waals surface area contributed by atoms with E-state index in [9.17, 15) is 4.39 Å². The van der Waals surface area contributed by atoms with Crippen LogP contribution >= 0.6 is 8.58 Å². The van der Waals surface area contributed by atoms with Gasteiger partial charge < -0.3 is 9.47 Å². The van der Waals surface area contributed by atoms with E-state index in [-0.39, 0.29) is 17.8 Å². The molecule has 0 aliphatic carbocycles. The lowest BCUT2D eigenvalue weighted by molar-refractivity contribution is 0.0494. The van der Waals surface area contributed by atoms with E-state index in [2.05, 4.69) is 39.8 Å². The Morgan fingerprint density at radius 3 is 2.46 bits per heavy atom. The smallest absolute Gasteiger partial charge is 0.188 e. The van der Waals surface area contributed by atoms with Gasteiger partial charge in [0.05, 0.1) is 0 Å². The molecule has 0 radical (unpaired) electrons. The fraction of sp³-hybridized carbons (Fsp3) is 0.455. The van der Waals surface area contributed by atoms with Gasteiger partial charge in [0.15, 0.2) is 6.79 Å². The van der Waals surface area contributed by atoms with Crippen LogP contribution in [-0.4, -0.2) is 13.9 Å². The molecule has 2 rings (SSSR count). The summed E-state index contributed by atoms with van der Waals surface area (Å²) in [4.78, 5) is 0. The van der Waals surface area contributed by atoms with Gasteiger partial charge in [-0.1, -0.05) is 64.7 Å². The zero-order valence-corrected chi connectivity index (χ0v) is 17.5. The van der Waals surface area contributed by atoms with E-state index in [0.717, 1.165) is 35.9 Å². The van der Waals surface area contributed by atoms with Crippen LogP contribution in [-0.2, 0) is 9.89 Å². The average Bonchev–Trinajstić information content (AvgIpc) is 2.62. The lowest BCUT2D eigenvalue weighted by Gasteiger charge is -2.36. The lowest BCUT2D eigenvalue weighted by atomic mass is 9.87. The van der Waals surface area contributed by atoms with Gasteiger partial charge in [-0.05, 0) is 38.3 Å². The summed E-state index contributed by atoms with van der Waals surface area (Å²) in [5.74, 6) is 0.764. The molecule has 0 saturated heterocycles. The molecule has 0 fully saturated rings. The summed E-state index contributed by atoms with van der Waals surface area (Å²) >= 11 is 0. The van der Waals surface area contributed by atoms with Crippen molar-refractivity contribution in [1.29, 1.82) is 0 Å². The van der Waals surface area contributed by atoms with Gasteiger partial charge in [0.1, 0.15) is 11.6 Å². The first-order valence-electron chi connectivity index (χ1n) is 9.23. The van der Waals surface area contributed by atoms with E-state index in [1.807, 2.05) is 12.1 Å². The van der Waals surface area contributed by atoms with Crippen molar-refractivity contribution in [3.8, 4) is 5.75 Å². The molecule has 2 unspecified atom stereocenters. The van der Waals surface area contributed by atoms with Crippen LogP contribution < -0.4 is 10.0 Å². The first kappa shape index (κ1) is 20.9. The monoisotopic (exact) mass is 376 g/mol. The molecule has 0 aliphatic rings. The summed E-state index contributed by atoms with van der Waals surface area (Å²) < 4.78 is 25.6. The highest BCUT2D eigenvalue weighted by molar-refractivity contribution is 7.48. The summed E-state index contributed by atoms with van der Waals surface area (Å²) in [5.41, 5.74) is 3.48. The number of hydrogen-bond acceptors (Lipinski definition) is 2. The van der Waals surface area contributed by atoms with Crippen molar-refractivity contribution in [2.75, 3.05) is 13.9 Å². The van der Waals surface area contributed by atoms with Crippen LogP contribution in [0.4, 0.5) is 4.39 Å². The molecule has 2 aromatic rings. The fourth-order valence-corrected chi connectivity index (χ4v) is 5.36. The van der Waals surface area contributed by atoms with Gasteiger partial charge in [-0.2, -0.15) is 0 Å². The second-order valence-corrected chi connectivity index (χ2v) is 8.55. The van der Waals surface area contributed by atoms with Crippen LogP contribution in [0.2, 0.25) is 0 Å². The molecule has 26 heavy (non-hydrogen) atoms. The summed E-state index contributed by atoms with van der Waals surface area (Å²) in [5, 5.41) is 0.649. The highest BCUT2D eigenvalue weighted by atomic mass is 31.1. The van der Waals surface area contributed by atoms with Crippen molar-refractivity contribution in [2.45, 2.75) is 52.1 Å². The van der Waals surface area contributed by atoms with Gasteiger partial charge in [-0.15, -0.1) is 0 Å². The third-order valence-corrected chi connectivity index (χ3v) is 6.81. The standard InChI is InChI=1S/C22H30FO2P/c1-6-12-22(7-2,26-20-11-9-8-10-19(20)23)18-14-16(3)13-17(4)21(18)25-15-24-5/h8-11,13-14,26H,6-7,12,15H2,1-5H3. The average molecular weight is 376 g/mol. The Labute approximate surface area is 158 Å². The Kier molecular flexibility index (Phi) is 7.61. The number of methoxy groups -OCH3 is 1. The van der Waals surface area contributed by atoms with E-state index >= 15 is 0 Å². The Hall–Kier alpha value is -1.44. The number of benzene rings is 2. The molecule has 0 spiro atoms. The third kappa shape index (κ3) is 4.64. The maximum absolute atomic E-state index is 14.4. The van der Waals surface area contributed by atoms with Gasteiger partial charge in [0.25, 0.3) is 0 Å². The van der Waals surface area contributed by atoms with Gasteiger partial charge in [-0.25, -0.2) is 4.39 Å². The minimum atomic E-state index is -0.142. The predicted molar refractivity (Wildman–Crippen MR) is 110 cm³/mol. The lowest BCUT2D eigenvalue weighted by Crippen LogP contribution is -2.25. The third-order valence-electron chi connectivity index (χ3n) is 4.78. The molecule has 2 aromatic carbocycles. The molecular weight excluding hydrogens is 346 g/mol. The maximum Gasteiger partial charge on any atom is 0.188 e. The summed E-state index contributed by atoms with van der Waals surface area (Å²) in [6, 6.07) is 11.5. The van der Waals surface area contributed by atoms with E-state index < -0.39 is 0 Å². The Morgan fingerprint density at radius 1 is 1.12 bits per heavy atom. The Bertz CT molecular complexity index is 732. The maximum atomic E-state index is 14.4. The molecule has 2 atom stereocenters. The van der Waals surface area contributed by atoms with Gasteiger partial charge in [-0.3, -0.25) is 0 Å². The topological polar surface area (TPSA) is 18.5 Å². The molecule has 0 bridgehead atoms. The largest absolute Gasteiger partial charge is 0.467 e. The van der Waals surface area contributed by atoms with Crippen molar-refractivity contribution in [1.82, 2.24) is 0 Å². The minimum Gasteiger partial charge on any atom is -0.467 e. The van der Waals surface area contributed by atoms with Gasteiger partial charge >= 0.3 is 0 Å². The second-order valence-electron chi connectivity index (χ2n) is 6.80. The predicted octanol–water partition coefficient (Wildman–Crippen LogP) is 5.83. The van der Waals surface area contributed by atoms with Crippen molar-refractivity contribution in [2.24, 2.45) is 0 Å². The van der Waals surface area contributed by atoms with Gasteiger partial charge in [0.2, 0.25) is 0 Å². The normalized spacial score (nSPS) is 13.9. The Balaban J connectivity index is 2.60. The highest BCUT2D eigenvalue weighted by Gasteiger charge is 2.34. The van der Waals surface area contributed by atoms with Crippen LogP contribution in [0.3, 0.4) is 0 Å². The molecule has 0 amide bonds. The summed E-state index contributed by atoms with van der Waals surface area (Å²) in [6.07, 6.45) is 2.95. The summed E-state index contributed by atoms with van der Waals surface area (Å²) in [6.45, 7) is 8.77. The molecule has 0 saturated carbocycles. The van der Waals surface area contributed by atoms with Crippen LogP contribution in [0, 0.1) is 19.7 Å². The quantitative estimate of drug-likeness (QED) is 0.405. The molecule has 4 heteroatoms. The van der Waals surface area contributed by atoms with Crippen LogP contribution in [0.15, 0.2) is 36.4 Å². The molecule has 0 aromatic heterocycles. The number of ether oxygens (including phenoxy) is 2. The zero-order chi connectivity index (χ0) is 19.2. The van der Waals surface area contributed by atoms with Crippen molar-refractivity contribution >= 4 is 13.9 Å². The van der Waals surface area contributed by atoms with Crippen molar-refractivity contribution < 1.29 is 13.9 Å². The van der Waals surface area contributed by atoms with E-state index in [4.69, 9.17) is 9.47 Å². The van der Waals surface area contributed by atoms with Crippen molar-refractivity contribution in [3.05, 3.63) is 58.9 Å². The SMILES string of the molecule is CCCC(CC)(Pc1ccccc1F)c1cc(C)cc(C)c1OCOC. The Morgan fingerprint density at radius 2 is 1.85 bits per heavy atom. The highest BCUT2D eigenvalue weighted by Crippen LogP contribution is 2.52. The first-order valence-corrected chi connectivity index (χ1v) is 10.2. The van der Waals surface area contributed by atoms with Crippen LogP contribution in [0.1, 0.15) is 49.8 Å². The minimum absolute atomic E-state index is 0.122. The number of aryl methyl sites for hydroxylation is 2. The van der Waals surface area contributed by atoms with Crippen molar-refractivity contribution in [3.63, 3.8) is 0 Å². The number of hydrogen-bond donors (Lipinski definition) is 0. The number of rotatable bonds is 9. The van der Waals surface area contributed by atoms with E-state index in [1.165, 1.54) is 11.1 Å². The van der Waals surface area contributed by atoms with E-state index in [0.29, 0.717) is 8.58 Å². The molecule has 0 N–H and O–H groups in total. The molecule has 0 heterocycles. The molecule has 142 valence electrons. The van der Waals surface area contributed by atoms with E-state index in [1.54, 1.807) is 19.2 Å². The number of halogens is 1. The van der Waals surface area contributed by atoms with Gasteiger partial charge in [0, 0.05) is 23.1 Å². The zero-order valence-electron chi connectivity index (χ0n) is 16.5. The van der Waals surface area contributed by atoms with Crippen LogP contribution in [0.25, 0.3) is 0 Å². The molecular formula is C22H30FO2P. The molecule has 2 nitrogen and oxygen atoms in total. The fourth-order valence-electron chi connectivity index (χ4n) is 3.59. The molecule has 0 aliphatic heterocycles. The second kappa shape index (κ2) is 9.48. The first-order chi connectivity index (χ1) is 12.5. The van der Waals surface area contributed by atoms with Crippen LogP contribution in [0.5, 0.6) is 5.75 Å². The summed E-state index contributed by atoms with van der Waals surface area (Å²) in [7, 11) is 1.98.